The number of para-hydroxylation sites is 2. The minimum Gasteiger partial charge on any atom is -0.492 e. The highest BCUT2D eigenvalue weighted by molar-refractivity contribution is 7.98. The zero-order valence-corrected chi connectivity index (χ0v) is 15.4. The Morgan fingerprint density at radius 1 is 1.23 bits per heavy atom. The molecule has 0 radical (unpaired) electrons. The molecule has 0 N–H and O–H groups in total. The third-order valence-corrected chi connectivity index (χ3v) is 5.43. The summed E-state index contributed by atoms with van der Waals surface area (Å²) in [5, 5.41) is 4.10. The van der Waals surface area contributed by atoms with Crippen LogP contribution in [0.3, 0.4) is 0 Å². The van der Waals surface area contributed by atoms with Crippen LogP contribution in [0.15, 0.2) is 57.9 Å². The largest absolute Gasteiger partial charge is 0.492 e. The maximum absolute atomic E-state index is 13.1. The van der Waals surface area contributed by atoms with E-state index < -0.39 is 0 Å². The Labute approximate surface area is 155 Å². The molecule has 4 rings (SSSR count). The fraction of sp³-hybridized carbons (Fsp3) is 0.200. The van der Waals surface area contributed by atoms with E-state index >= 15 is 0 Å². The second-order valence-corrected chi connectivity index (χ2v) is 6.91. The van der Waals surface area contributed by atoms with Crippen molar-refractivity contribution in [1.29, 1.82) is 0 Å². The third-order valence-electron chi connectivity index (χ3n) is 4.33. The summed E-state index contributed by atoms with van der Waals surface area (Å²) in [4.78, 5) is 15.8. The first kappa shape index (κ1) is 16.7. The van der Waals surface area contributed by atoms with E-state index in [1.807, 2.05) is 49.4 Å². The van der Waals surface area contributed by atoms with Crippen molar-refractivity contribution in [3.8, 4) is 17.1 Å². The van der Waals surface area contributed by atoms with Crippen LogP contribution < -0.4 is 9.64 Å². The van der Waals surface area contributed by atoms with Crippen molar-refractivity contribution in [2.24, 2.45) is 0 Å². The molecule has 0 unspecified atom stereocenters. The molecule has 1 aliphatic heterocycles. The van der Waals surface area contributed by atoms with Crippen LogP contribution in [0.4, 0.5) is 5.69 Å². The normalized spacial score (nSPS) is 12.2. The molecule has 0 aliphatic carbocycles. The van der Waals surface area contributed by atoms with Gasteiger partial charge in [-0.05, 0) is 31.2 Å². The Hall–Kier alpha value is -2.73. The van der Waals surface area contributed by atoms with E-state index in [1.54, 1.807) is 23.7 Å². The molecule has 0 atom stereocenters. The van der Waals surface area contributed by atoms with Crippen molar-refractivity contribution < 1.29 is 14.1 Å². The van der Waals surface area contributed by atoms with Gasteiger partial charge in [-0.1, -0.05) is 29.4 Å². The maximum Gasteiger partial charge on any atom is 0.280 e. The number of carbonyl (C=O) groups is 1. The Morgan fingerprint density at radius 3 is 2.85 bits per heavy atom. The predicted molar refractivity (Wildman–Crippen MR) is 102 cm³/mol. The second-order valence-electron chi connectivity index (χ2n) is 5.89. The molecular weight excluding hydrogens is 348 g/mol. The fourth-order valence-corrected chi connectivity index (χ4v) is 4.09. The number of anilines is 1. The van der Waals surface area contributed by atoms with Crippen molar-refractivity contribution >= 4 is 23.4 Å². The van der Waals surface area contributed by atoms with Crippen LogP contribution in [-0.2, 0) is 5.75 Å². The molecule has 132 valence electrons. The van der Waals surface area contributed by atoms with Crippen molar-refractivity contribution in [3.05, 3.63) is 59.8 Å². The Bertz CT molecular complexity index is 967. The smallest absolute Gasteiger partial charge is 0.280 e. The SMILES string of the molecule is CCOc1ccccc1N(C)C(=O)c1noc2c1CSc1ccccc1-2. The van der Waals surface area contributed by atoms with E-state index in [0.29, 0.717) is 35.3 Å². The summed E-state index contributed by atoms with van der Waals surface area (Å²) in [6, 6.07) is 15.5. The number of hydrogen-bond donors (Lipinski definition) is 0. The third kappa shape index (κ3) is 2.76. The number of rotatable bonds is 4. The molecule has 0 bridgehead atoms. The number of nitrogens with zero attached hydrogens (tertiary/aromatic N) is 2. The Balaban J connectivity index is 1.70. The zero-order chi connectivity index (χ0) is 18.1. The van der Waals surface area contributed by atoms with E-state index in [0.717, 1.165) is 16.0 Å². The highest BCUT2D eigenvalue weighted by Gasteiger charge is 2.30. The van der Waals surface area contributed by atoms with E-state index in [-0.39, 0.29) is 5.91 Å². The molecule has 6 heteroatoms. The highest BCUT2D eigenvalue weighted by atomic mass is 32.2. The number of aromatic nitrogens is 1. The van der Waals surface area contributed by atoms with Crippen LogP contribution in [0.1, 0.15) is 23.0 Å². The van der Waals surface area contributed by atoms with Gasteiger partial charge in [-0.2, -0.15) is 0 Å². The fourth-order valence-electron chi connectivity index (χ4n) is 3.03. The molecule has 5 nitrogen and oxygen atoms in total. The van der Waals surface area contributed by atoms with Gasteiger partial charge in [0.1, 0.15) is 5.75 Å². The molecule has 1 amide bonds. The van der Waals surface area contributed by atoms with Gasteiger partial charge in [0.05, 0.1) is 12.3 Å². The van der Waals surface area contributed by atoms with Crippen LogP contribution in [0.2, 0.25) is 0 Å². The summed E-state index contributed by atoms with van der Waals surface area (Å²) >= 11 is 1.69. The monoisotopic (exact) mass is 366 g/mol. The van der Waals surface area contributed by atoms with Gasteiger partial charge in [-0.15, -0.1) is 11.8 Å². The lowest BCUT2D eigenvalue weighted by Crippen LogP contribution is -2.28. The predicted octanol–water partition coefficient (Wildman–Crippen LogP) is 4.62. The van der Waals surface area contributed by atoms with Crippen molar-refractivity contribution in [2.75, 3.05) is 18.6 Å². The molecule has 0 spiro atoms. The lowest BCUT2D eigenvalue weighted by atomic mass is 10.1. The number of ether oxygens (including phenoxy) is 1. The van der Waals surface area contributed by atoms with Gasteiger partial charge in [0.15, 0.2) is 11.5 Å². The molecule has 26 heavy (non-hydrogen) atoms. The highest BCUT2D eigenvalue weighted by Crippen LogP contribution is 2.43. The number of thioether (sulfide) groups is 1. The summed E-state index contributed by atoms with van der Waals surface area (Å²) in [7, 11) is 1.73. The Morgan fingerprint density at radius 2 is 2.00 bits per heavy atom. The van der Waals surface area contributed by atoms with E-state index in [9.17, 15) is 4.79 Å². The summed E-state index contributed by atoms with van der Waals surface area (Å²) in [6.07, 6.45) is 0. The van der Waals surface area contributed by atoms with Gasteiger partial charge in [-0.25, -0.2) is 0 Å². The van der Waals surface area contributed by atoms with Gasteiger partial charge in [0, 0.05) is 28.8 Å². The van der Waals surface area contributed by atoms with Crippen molar-refractivity contribution in [2.45, 2.75) is 17.6 Å². The number of amides is 1. The van der Waals surface area contributed by atoms with E-state index in [1.165, 1.54) is 0 Å². The zero-order valence-electron chi connectivity index (χ0n) is 14.6. The van der Waals surface area contributed by atoms with Crippen LogP contribution in [0.5, 0.6) is 5.75 Å². The average Bonchev–Trinajstić information content (AvgIpc) is 3.12. The van der Waals surface area contributed by atoms with E-state index in [2.05, 4.69) is 11.2 Å². The summed E-state index contributed by atoms with van der Waals surface area (Å²) in [5.41, 5.74) is 2.90. The number of hydrogen-bond acceptors (Lipinski definition) is 5. The molecule has 0 saturated carbocycles. The topological polar surface area (TPSA) is 55.6 Å². The van der Waals surface area contributed by atoms with Gasteiger partial charge in [-0.3, -0.25) is 4.79 Å². The summed E-state index contributed by atoms with van der Waals surface area (Å²) in [6.45, 7) is 2.45. The lowest BCUT2D eigenvalue weighted by molar-refractivity contribution is 0.0983. The molecule has 0 saturated heterocycles. The molecule has 3 aromatic rings. The summed E-state index contributed by atoms with van der Waals surface area (Å²) in [5.74, 6) is 1.82. The van der Waals surface area contributed by atoms with Crippen molar-refractivity contribution in [3.63, 3.8) is 0 Å². The molecular formula is C20H18N2O3S. The van der Waals surface area contributed by atoms with Crippen LogP contribution in [0.25, 0.3) is 11.3 Å². The number of carbonyl (C=O) groups excluding carboxylic acids is 1. The van der Waals surface area contributed by atoms with Crippen LogP contribution >= 0.6 is 11.8 Å². The number of benzene rings is 2. The molecule has 2 aromatic carbocycles. The first-order valence-corrected chi connectivity index (χ1v) is 9.40. The molecule has 2 heterocycles. The second kappa shape index (κ2) is 6.88. The average molecular weight is 366 g/mol. The van der Waals surface area contributed by atoms with Crippen LogP contribution in [-0.4, -0.2) is 24.7 Å². The first-order chi connectivity index (χ1) is 12.7. The minimum absolute atomic E-state index is 0.206. The molecule has 0 fully saturated rings. The lowest BCUT2D eigenvalue weighted by Gasteiger charge is -2.20. The van der Waals surface area contributed by atoms with Gasteiger partial charge >= 0.3 is 0 Å². The standard InChI is InChI=1S/C20H18N2O3S/c1-3-24-16-10-6-5-9-15(16)22(2)20(23)18-14-12-26-17-11-7-4-8-13(17)19(14)25-21-18/h4-11H,3,12H2,1-2H3. The van der Waals surface area contributed by atoms with Gasteiger partial charge in [0.2, 0.25) is 0 Å². The number of fused-ring (bicyclic) bond motifs is 3. The maximum atomic E-state index is 13.1. The quantitative estimate of drug-likeness (QED) is 0.674. The molecule has 1 aliphatic rings. The van der Waals surface area contributed by atoms with Gasteiger partial charge < -0.3 is 14.2 Å². The minimum atomic E-state index is -0.206. The van der Waals surface area contributed by atoms with E-state index in [4.69, 9.17) is 9.26 Å². The molecule has 1 aromatic heterocycles. The van der Waals surface area contributed by atoms with Gasteiger partial charge in [0.25, 0.3) is 5.91 Å². The first-order valence-electron chi connectivity index (χ1n) is 8.41. The van der Waals surface area contributed by atoms with Crippen LogP contribution in [0, 0.1) is 0 Å². The summed E-state index contributed by atoms with van der Waals surface area (Å²) < 4.78 is 11.2. The Kier molecular flexibility index (Phi) is 4.42. The van der Waals surface area contributed by atoms with Crippen molar-refractivity contribution in [1.82, 2.24) is 5.16 Å².